The Morgan fingerprint density at radius 2 is 0.826 bits per heavy atom. The largest absolute Gasteiger partial charge is 0.480 e. The first-order valence-electron chi connectivity index (χ1n) is 20.6. The highest BCUT2D eigenvalue weighted by Crippen LogP contribution is 2.86. The SMILES string of the molecule is O=C(O)C1(C(=O)O)C2CC3CC(C2)CC1(C12CC4CC(CC(C4)C1C14CC5CC(CC(C5)C1C15CC6CC(CC(C6)C1)C5)C4)C2)C3. The van der Waals surface area contributed by atoms with Crippen molar-refractivity contribution in [1.82, 2.24) is 0 Å². The molecule has 0 spiro atoms. The molecule has 250 valence electrons. The minimum Gasteiger partial charge on any atom is -0.480 e. The molecule has 16 aliphatic carbocycles. The monoisotopic (exact) mass is 626 g/mol. The number of hydrogen-bond acceptors (Lipinski definition) is 2. The Labute approximate surface area is 276 Å². The molecule has 46 heavy (non-hydrogen) atoms. The van der Waals surface area contributed by atoms with Crippen molar-refractivity contribution in [3.8, 4) is 0 Å². The van der Waals surface area contributed by atoms with Crippen molar-refractivity contribution in [2.45, 2.75) is 135 Å². The van der Waals surface area contributed by atoms with Gasteiger partial charge in [-0.05, 0) is 234 Å². The number of rotatable bonds is 5. The first kappa shape index (κ1) is 27.7. The van der Waals surface area contributed by atoms with Crippen LogP contribution in [0, 0.1) is 110 Å². The lowest BCUT2D eigenvalue weighted by Gasteiger charge is -2.81. The van der Waals surface area contributed by atoms with Crippen LogP contribution in [0.15, 0.2) is 0 Å². The summed E-state index contributed by atoms with van der Waals surface area (Å²) < 4.78 is 0. The van der Waals surface area contributed by atoms with E-state index in [0.29, 0.717) is 40.4 Å². The first-order chi connectivity index (χ1) is 22.2. The molecule has 8 atom stereocenters. The zero-order valence-corrected chi connectivity index (χ0v) is 28.1. The molecule has 0 aliphatic heterocycles. The van der Waals surface area contributed by atoms with Crippen LogP contribution < -0.4 is 0 Å². The standard InChI is InChI=1S/C42H58O4/c43-36(44)42(37(45)46)33-11-29-6-30(12-33)21-41(42,20-29)40-18-27-5-28(19-40)10-32(9-27)35(40)39-16-25-4-26(17-39)8-31(7-25)34(39)38-13-22-1-23(14-38)3-24(2-22)15-38/h22-35H,1-21H2,(H,43,44)(H,45,46). The third-order valence-electron chi connectivity index (χ3n) is 20.2. The average Bonchev–Trinajstić information content (AvgIpc) is 2.94. The Bertz CT molecular complexity index is 1320. The van der Waals surface area contributed by atoms with E-state index in [2.05, 4.69) is 0 Å². The van der Waals surface area contributed by atoms with Gasteiger partial charge in [0.2, 0.25) is 0 Å². The summed E-state index contributed by atoms with van der Waals surface area (Å²) in [5.74, 6) is 8.31. The highest BCUT2D eigenvalue weighted by atomic mass is 16.4. The Hall–Kier alpha value is -1.06. The molecular weight excluding hydrogens is 568 g/mol. The van der Waals surface area contributed by atoms with Crippen molar-refractivity contribution >= 4 is 11.9 Å². The molecule has 4 heteroatoms. The van der Waals surface area contributed by atoms with Crippen LogP contribution >= 0.6 is 0 Å². The fraction of sp³-hybridized carbons (Fsp3) is 0.952. The first-order valence-corrected chi connectivity index (χ1v) is 20.6. The Morgan fingerprint density at radius 1 is 0.435 bits per heavy atom. The molecule has 2 N–H and O–H groups in total. The summed E-state index contributed by atoms with van der Waals surface area (Å²) in [5.41, 5.74) is -1.28. The lowest BCUT2D eigenvalue weighted by molar-refractivity contribution is -0.332. The minimum absolute atomic E-state index is 0.0687. The maximum atomic E-state index is 14.0. The quantitative estimate of drug-likeness (QED) is 0.299. The van der Waals surface area contributed by atoms with E-state index in [9.17, 15) is 19.8 Å². The van der Waals surface area contributed by atoms with Crippen LogP contribution in [-0.2, 0) is 9.59 Å². The van der Waals surface area contributed by atoms with Gasteiger partial charge < -0.3 is 10.2 Å². The van der Waals surface area contributed by atoms with Crippen molar-refractivity contribution < 1.29 is 19.8 Å². The van der Waals surface area contributed by atoms with Gasteiger partial charge in [0, 0.05) is 5.41 Å². The van der Waals surface area contributed by atoms with E-state index in [0.717, 1.165) is 73.0 Å². The molecule has 16 saturated carbocycles. The van der Waals surface area contributed by atoms with E-state index in [1.54, 1.807) is 0 Å². The van der Waals surface area contributed by atoms with E-state index in [1.807, 2.05) is 0 Å². The van der Waals surface area contributed by atoms with Gasteiger partial charge in [-0.15, -0.1) is 0 Å². The fourth-order valence-corrected chi connectivity index (χ4v) is 21.7. The summed E-state index contributed by atoms with van der Waals surface area (Å²) in [5, 5.41) is 23.0. The maximum absolute atomic E-state index is 14.0. The predicted molar refractivity (Wildman–Crippen MR) is 173 cm³/mol. The third kappa shape index (κ3) is 2.95. The molecule has 16 rings (SSSR count). The fourth-order valence-electron chi connectivity index (χ4n) is 21.7. The van der Waals surface area contributed by atoms with Crippen LogP contribution in [0.3, 0.4) is 0 Å². The second kappa shape index (κ2) is 8.45. The Morgan fingerprint density at radius 3 is 1.28 bits per heavy atom. The highest BCUT2D eigenvalue weighted by molar-refractivity contribution is 6.00. The second-order valence-electron chi connectivity index (χ2n) is 21.9. The molecule has 16 fully saturated rings. The number of aliphatic carboxylic acids is 2. The van der Waals surface area contributed by atoms with Gasteiger partial charge >= 0.3 is 11.9 Å². The summed E-state index contributed by atoms with van der Waals surface area (Å²) in [7, 11) is 0. The van der Waals surface area contributed by atoms with Gasteiger partial charge in [-0.2, -0.15) is 0 Å². The normalized spacial score (nSPS) is 63.6. The lowest BCUT2D eigenvalue weighted by atomic mass is 9.22. The van der Waals surface area contributed by atoms with Crippen molar-refractivity contribution in [1.29, 1.82) is 0 Å². The van der Waals surface area contributed by atoms with Crippen LogP contribution in [0.1, 0.15) is 135 Å². The van der Waals surface area contributed by atoms with E-state index in [4.69, 9.17) is 0 Å². The third-order valence-corrected chi connectivity index (χ3v) is 20.2. The topological polar surface area (TPSA) is 74.6 Å². The highest BCUT2D eigenvalue weighted by Gasteiger charge is 2.83. The van der Waals surface area contributed by atoms with Gasteiger partial charge in [-0.3, -0.25) is 9.59 Å². The molecule has 0 heterocycles. The summed E-state index contributed by atoms with van der Waals surface area (Å²) in [6.07, 6.45) is 27.7. The summed E-state index contributed by atoms with van der Waals surface area (Å²) >= 11 is 0. The average molecular weight is 627 g/mol. The van der Waals surface area contributed by atoms with Crippen LogP contribution in [0.5, 0.6) is 0 Å². The van der Waals surface area contributed by atoms with Gasteiger partial charge in [-0.25, -0.2) is 0 Å². The molecular formula is C42H58O4. The Balaban J connectivity index is 1.10. The second-order valence-corrected chi connectivity index (χ2v) is 21.9. The molecule has 16 bridgehead atoms. The van der Waals surface area contributed by atoms with E-state index < -0.39 is 22.8 Å². The van der Waals surface area contributed by atoms with E-state index >= 15 is 0 Å². The van der Waals surface area contributed by atoms with Crippen LogP contribution in [0.25, 0.3) is 0 Å². The van der Waals surface area contributed by atoms with Gasteiger partial charge in [0.05, 0.1) is 0 Å². The molecule has 0 saturated heterocycles. The molecule has 0 aromatic carbocycles. The molecule has 4 nitrogen and oxygen atoms in total. The van der Waals surface area contributed by atoms with Gasteiger partial charge in [0.1, 0.15) is 0 Å². The van der Waals surface area contributed by atoms with E-state index in [1.165, 1.54) is 109 Å². The van der Waals surface area contributed by atoms with Crippen molar-refractivity contribution in [2.75, 3.05) is 0 Å². The van der Waals surface area contributed by atoms with E-state index in [-0.39, 0.29) is 11.3 Å². The van der Waals surface area contributed by atoms with Crippen LogP contribution in [-0.4, -0.2) is 22.2 Å². The van der Waals surface area contributed by atoms with Crippen molar-refractivity contribution in [3.63, 3.8) is 0 Å². The zero-order valence-electron chi connectivity index (χ0n) is 28.1. The molecule has 0 amide bonds. The van der Waals surface area contributed by atoms with Crippen LogP contribution in [0.4, 0.5) is 0 Å². The summed E-state index contributed by atoms with van der Waals surface area (Å²) in [6, 6.07) is 0. The molecule has 8 unspecified atom stereocenters. The molecule has 0 aromatic rings. The van der Waals surface area contributed by atoms with Gasteiger partial charge in [0.25, 0.3) is 0 Å². The van der Waals surface area contributed by atoms with Gasteiger partial charge in [0.15, 0.2) is 5.41 Å². The van der Waals surface area contributed by atoms with Crippen molar-refractivity contribution in [3.05, 3.63) is 0 Å². The maximum Gasteiger partial charge on any atom is 0.321 e. The molecule has 0 aromatic heterocycles. The smallest absolute Gasteiger partial charge is 0.321 e. The number of hydrogen-bond donors (Lipinski definition) is 2. The molecule has 0 radical (unpaired) electrons. The van der Waals surface area contributed by atoms with Crippen molar-refractivity contribution in [2.24, 2.45) is 110 Å². The lowest BCUT2D eigenvalue weighted by Crippen LogP contribution is -2.78. The number of carbonyl (C=O) groups is 2. The van der Waals surface area contributed by atoms with Crippen LogP contribution in [0.2, 0.25) is 0 Å². The number of carboxylic acid groups (broad SMARTS) is 2. The van der Waals surface area contributed by atoms with Gasteiger partial charge in [-0.1, -0.05) is 0 Å². The predicted octanol–water partition coefficient (Wildman–Crippen LogP) is 9.07. The number of carboxylic acids is 2. The summed E-state index contributed by atoms with van der Waals surface area (Å²) in [4.78, 5) is 28.0. The zero-order chi connectivity index (χ0) is 30.6. The molecule has 16 aliphatic rings. The summed E-state index contributed by atoms with van der Waals surface area (Å²) in [6.45, 7) is 0. The Kier molecular flexibility index (Phi) is 5.09. The minimum atomic E-state index is -1.57.